The van der Waals surface area contributed by atoms with Gasteiger partial charge >= 0.3 is 0 Å². The van der Waals surface area contributed by atoms with E-state index in [9.17, 15) is 0 Å². The van der Waals surface area contributed by atoms with Crippen LogP contribution in [0.25, 0.3) is 0 Å². The van der Waals surface area contributed by atoms with Crippen molar-refractivity contribution in [2.45, 2.75) is 13.2 Å². The molecule has 0 saturated heterocycles. The molecule has 1 heterocycles. The summed E-state index contributed by atoms with van der Waals surface area (Å²) in [6.45, 7) is 0.892. The molecule has 16 heavy (non-hydrogen) atoms. The van der Waals surface area contributed by atoms with Crippen LogP contribution >= 0.6 is 0 Å². The topological polar surface area (TPSA) is 61.0 Å². The van der Waals surface area contributed by atoms with E-state index >= 15 is 0 Å². The Bertz CT molecular complexity index is 428. The first-order valence-corrected chi connectivity index (χ1v) is 5.08. The van der Waals surface area contributed by atoms with Crippen molar-refractivity contribution >= 4 is 0 Å². The van der Waals surface area contributed by atoms with Gasteiger partial charge in [0.1, 0.15) is 6.61 Å². The van der Waals surface area contributed by atoms with Crippen LogP contribution in [0.4, 0.5) is 0 Å². The average molecular weight is 215 g/mol. The van der Waals surface area contributed by atoms with Gasteiger partial charge in [0.15, 0.2) is 0 Å². The van der Waals surface area contributed by atoms with E-state index in [-0.39, 0.29) is 0 Å². The Morgan fingerprint density at radius 3 is 2.44 bits per heavy atom. The molecule has 0 bridgehead atoms. The van der Waals surface area contributed by atoms with Gasteiger partial charge in [-0.1, -0.05) is 30.3 Å². The SMILES string of the molecule is NCc1ccc(OCc2ccccc2)nn1. The molecular formula is C12H13N3O. The summed E-state index contributed by atoms with van der Waals surface area (Å²) in [5, 5.41) is 7.82. The van der Waals surface area contributed by atoms with E-state index in [4.69, 9.17) is 10.5 Å². The Kier molecular flexibility index (Phi) is 3.46. The molecule has 4 heteroatoms. The molecule has 0 amide bonds. The van der Waals surface area contributed by atoms with E-state index in [0.717, 1.165) is 11.3 Å². The molecule has 4 nitrogen and oxygen atoms in total. The van der Waals surface area contributed by atoms with E-state index in [1.807, 2.05) is 36.4 Å². The monoisotopic (exact) mass is 215 g/mol. The normalized spacial score (nSPS) is 10.1. The highest BCUT2D eigenvalue weighted by molar-refractivity contribution is 5.16. The van der Waals surface area contributed by atoms with Gasteiger partial charge in [-0.25, -0.2) is 0 Å². The first kappa shape index (κ1) is 10.6. The number of benzene rings is 1. The van der Waals surface area contributed by atoms with Crippen LogP contribution in [-0.2, 0) is 13.2 Å². The van der Waals surface area contributed by atoms with Crippen molar-refractivity contribution in [2.75, 3.05) is 0 Å². The molecule has 0 saturated carbocycles. The van der Waals surface area contributed by atoms with E-state index < -0.39 is 0 Å². The molecular weight excluding hydrogens is 202 g/mol. The standard InChI is InChI=1S/C12H13N3O/c13-8-11-6-7-12(15-14-11)16-9-10-4-2-1-3-5-10/h1-7H,8-9,13H2. The summed E-state index contributed by atoms with van der Waals surface area (Å²) in [5.74, 6) is 0.515. The highest BCUT2D eigenvalue weighted by Gasteiger charge is 1.98. The van der Waals surface area contributed by atoms with Gasteiger partial charge in [0, 0.05) is 12.6 Å². The lowest BCUT2D eigenvalue weighted by Crippen LogP contribution is -2.03. The van der Waals surface area contributed by atoms with Crippen LogP contribution < -0.4 is 10.5 Å². The molecule has 0 radical (unpaired) electrons. The lowest BCUT2D eigenvalue weighted by molar-refractivity contribution is 0.290. The van der Waals surface area contributed by atoms with Crippen LogP contribution in [0.5, 0.6) is 5.88 Å². The van der Waals surface area contributed by atoms with Gasteiger partial charge in [-0.3, -0.25) is 0 Å². The minimum atomic E-state index is 0.395. The highest BCUT2D eigenvalue weighted by Crippen LogP contribution is 2.08. The minimum Gasteiger partial charge on any atom is -0.472 e. The number of hydrogen-bond donors (Lipinski definition) is 1. The van der Waals surface area contributed by atoms with Crippen LogP contribution in [0.1, 0.15) is 11.3 Å². The Morgan fingerprint density at radius 1 is 1.00 bits per heavy atom. The number of nitrogens with zero attached hydrogens (tertiary/aromatic N) is 2. The third-order valence-electron chi connectivity index (χ3n) is 2.13. The van der Waals surface area contributed by atoms with E-state index in [0.29, 0.717) is 19.0 Å². The smallest absolute Gasteiger partial charge is 0.233 e. The van der Waals surface area contributed by atoms with Crippen LogP contribution in [0, 0.1) is 0 Å². The molecule has 0 unspecified atom stereocenters. The summed E-state index contributed by atoms with van der Waals surface area (Å²) in [5.41, 5.74) is 7.28. The van der Waals surface area contributed by atoms with Crippen molar-refractivity contribution in [1.29, 1.82) is 0 Å². The van der Waals surface area contributed by atoms with Crippen LogP contribution in [0.15, 0.2) is 42.5 Å². The summed E-state index contributed by atoms with van der Waals surface area (Å²) >= 11 is 0. The van der Waals surface area contributed by atoms with E-state index in [1.54, 1.807) is 6.07 Å². The average Bonchev–Trinajstić information content (AvgIpc) is 2.38. The highest BCUT2D eigenvalue weighted by atomic mass is 16.5. The number of rotatable bonds is 4. The number of ether oxygens (including phenoxy) is 1. The van der Waals surface area contributed by atoms with Crippen LogP contribution in [0.2, 0.25) is 0 Å². The van der Waals surface area contributed by atoms with Crippen molar-refractivity contribution in [2.24, 2.45) is 5.73 Å². The second kappa shape index (κ2) is 5.23. The Hall–Kier alpha value is -1.94. The molecule has 0 spiro atoms. The Morgan fingerprint density at radius 2 is 1.81 bits per heavy atom. The minimum absolute atomic E-state index is 0.395. The van der Waals surface area contributed by atoms with Crippen molar-refractivity contribution in [1.82, 2.24) is 10.2 Å². The van der Waals surface area contributed by atoms with Gasteiger partial charge in [-0.2, -0.15) is 5.10 Å². The van der Waals surface area contributed by atoms with Crippen LogP contribution in [-0.4, -0.2) is 10.2 Å². The molecule has 0 aliphatic carbocycles. The summed E-state index contributed by atoms with van der Waals surface area (Å²) in [6, 6.07) is 13.5. The lowest BCUT2D eigenvalue weighted by Gasteiger charge is -2.04. The molecule has 0 aliphatic heterocycles. The van der Waals surface area contributed by atoms with Crippen molar-refractivity contribution in [3.8, 4) is 5.88 Å². The first-order valence-electron chi connectivity index (χ1n) is 5.08. The van der Waals surface area contributed by atoms with Gasteiger partial charge in [0.25, 0.3) is 0 Å². The number of nitrogens with two attached hydrogens (primary N) is 1. The number of hydrogen-bond acceptors (Lipinski definition) is 4. The van der Waals surface area contributed by atoms with Gasteiger partial charge < -0.3 is 10.5 Å². The lowest BCUT2D eigenvalue weighted by atomic mass is 10.2. The molecule has 0 fully saturated rings. The van der Waals surface area contributed by atoms with Crippen molar-refractivity contribution in [3.63, 3.8) is 0 Å². The molecule has 0 atom stereocenters. The fraction of sp³-hybridized carbons (Fsp3) is 0.167. The number of aromatic nitrogens is 2. The third-order valence-corrected chi connectivity index (χ3v) is 2.13. The Labute approximate surface area is 94.1 Å². The van der Waals surface area contributed by atoms with Crippen molar-refractivity contribution < 1.29 is 4.74 Å². The van der Waals surface area contributed by atoms with E-state index in [1.165, 1.54) is 0 Å². The molecule has 2 N–H and O–H groups in total. The van der Waals surface area contributed by atoms with Gasteiger partial charge in [-0.05, 0) is 11.6 Å². The maximum atomic E-state index is 5.48. The van der Waals surface area contributed by atoms with E-state index in [2.05, 4.69) is 10.2 Å². The van der Waals surface area contributed by atoms with Gasteiger partial charge in [-0.15, -0.1) is 5.10 Å². The van der Waals surface area contributed by atoms with Gasteiger partial charge in [0.2, 0.25) is 5.88 Å². The molecule has 82 valence electrons. The molecule has 2 rings (SSSR count). The summed E-state index contributed by atoms with van der Waals surface area (Å²) in [6.07, 6.45) is 0. The Balaban J connectivity index is 1.94. The predicted octanol–water partition coefficient (Wildman–Crippen LogP) is 1.51. The maximum Gasteiger partial charge on any atom is 0.233 e. The van der Waals surface area contributed by atoms with Crippen LogP contribution in [0.3, 0.4) is 0 Å². The molecule has 1 aromatic carbocycles. The summed E-state index contributed by atoms with van der Waals surface area (Å²) in [7, 11) is 0. The van der Waals surface area contributed by atoms with Gasteiger partial charge in [0.05, 0.1) is 5.69 Å². The quantitative estimate of drug-likeness (QED) is 0.839. The molecule has 1 aromatic heterocycles. The zero-order valence-corrected chi connectivity index (χ0v) is 8.84. The zero-order chi connectivity index (χ0) is 11.2. The zero-order valence-electron chi connectivity index (χ0n) is 8.84. The first-order chi connectivity index (χ1) is 7.88. The molecule has 0 aliphatic rings. The largest absolute Gasteiger partial charge is 0.472 e. The fourth-order valence-electron chi connectivity index (χ4n) is 1.27. The maximum absolute atomic E-state index is 5.48. The fourth-order valence-corrected chi connectivity index (χ4v) is 1.27. The summed E-state index contributed by atoms with van der Waals surface area (Å²) in [4.78, 5) is 0. The summed E-state index contributed by atoms with van der Waals surface area (Å²) < 4.78 is 5.48. The predicted molar refractivity (Wildman–Crippen MR) is 60.7 cm³/mol. The molecule has 2 aromatic rings. The second-order valence-electron chi connectivity index (χ2n) is 3.34. The second-order valence-corrected chi connectivity index (χ2v) is 3.34. The van der Waals surface area contributed by atoms with Crippen molar-refractivity contribution in [3.05, 3.63) is 53.7 Å². The third kappa shape index (κ3) is 2.77.